The monoisotopic (exact) mass is 439 g/mol. The van der Waals surface area contributed by atoms with E-state index in [0.29, 0.717) is 19.6 Å². The van der Waals surface area contributed by atoms with Gasteiger partial charge in [0.15, 0.2) is 0 Å². The van der Waals surface area contributed by atoms with E-state index in [1.54, 1.807) is 0 Å². The molecule has 1 heterocycles. The van der Waals surface area contributed by atoms with Crippen molar-refractivity contribution >= 4 is 16.9 Å². The van der Waals surface area contributed by atoms with Gasteiger partial charge in [0, 0.05) is 36.7 Å². The molecule has 4 aromatic rings. The number of para-hydroxylation sites is 1. The molecule has 0 aliphatic heterocycles. The minimum absolute atomic E-state index is 0.0430. The van der Waals surface area contributed by atoms with Crippen molar-refractivity contribution in [2.45, 2.75) is 45.7 Å². The van der Waals surface area contributed by atoms with Crippen LogP contribution in [0.1, 0.15) is 43.0 Å². The molecule has 0 saturated heterocycles. The van der Waals surface area contributed by atoms with Gasteiger partial charge in [0.2, 0.25) is 0 Å². The number of hydrogen-bond donors (Lipinski definition) is 2. The Morgan fingerprint density at radius 1 is 0.879 bits per heavy atom. The third-order valence-electron chi connectivity index (χ3n) is 6.09. The van der Waals surface area contributed by atoms with Crippen molar-refractivity contribution in [3.63, 3.8) is 0 Å². The standard InChI is InChI=1S/C29H33N3O/c1-29(2,3)25-15-13-23(14-16-25)21-32(28(33)31-19-22-9-5-4-6-10-22)18-17-24-20-30-27-12-8-7-11-26(24)27/h4-16,20,30H,17-19,21H2,1-3H3,(H,31,33). The van der Waals surface area contributed by atoms with Crippen LogP contribution in [0.15, 0.2) is 85.1 Å². The molecule has 0 aliphatic rings. The fourth-order valence-corrected chi connectivity index (χ4v) is 4.06. The van der Waals surface area contributed by atoms with Gasteiger partial charge in [-0.1, -0.05) is 93.6 Å². The molecule has 4 nitrogen and oxygen atoms in total. The van der Waals surface area contributed by atoms with Crippen LogP contribution in [0.25, 0.3) is 10.9 Å². The molecule has 0 spiro atoms. The molecule has 0 unspecified atom stereocenters. The lowest BCUT2D eigenvalue weighted by atomic mass is 9.87. The fourth-order valence-electron chi connectivity index (χ4n) is 4.06. The number of rotatable bonds is 7. The van der Waals surface area contributed by atoms with Crippen LogP contribution in [-0.2, 0) is 24.9 Å². The highest BCUT2D eigenvalue weighted by Gasteiger charge is 2.17. The Morgan fingerprint density at radius 2 is 1.58 bits per heavy atom. The summed E-state index contributed by atoms with van der Waals surface area (Å²) in [6, 6.07) is 26.9. The Bertz CT molecular complexity index is 1190. The normalized spacial score (nSPS) is 11.5. The molecule has 0 atom stereocenters. The number of urea groups is 1. The average Bonchev–Trinajstić information content (AvgIpc) is 3.24. The Morgan fingerprint density at radius 3 is 2.30 bits per heavy atom. The Kier molecular flexibility index (Phi) is 6.83. The molecule has 1 aromatic heterocycles. The van der Waals surface area contributed by atoms with Crippen LogP contribution >= 0.6 is 0 Å². The molecule has 0 saturated carbocycles. The molecule has 0 bridgehead atoms. The van der Waals surface area contributed by atoms with Gasteiger partial charge in [-0.2, -0.15) is 0 Å². The second-order valence-electron chi connectivity index (χ2n) is 9.62. The first-order valence-corrected chi connectivity index (χ1v) is 11.6. The van der Waals surface area contributed by atoms with E-state index in [9.17, 15) is 4.79 Å². The van der Waals surface area contributed by atoms with Crippen molar-refractivity contribution in [1.82, 2.24) is 15.2 Å². The SMILES string of the molecule is CC(C)(C)c1ccc(CN(CCc2c[nH]c3ccccc23)C(=O)NCc2ccccc2)cc1. The number of carbonyl (C=O) groups excluding carboxylic acids is 1. The molecule has 0 fully saturated rings. The molecule has 170 valence electrons. The summed E-state index contributed by atoms with van der Waals surface area (Å²) in [7, 11) is 0. The number of nitrogens with one attached hydrogen (secondary N) is 2. The number of aromatic nitrogens is 1. The van der Waals surface area contributed by atoms with E-state index in [2.05, 4.69) is 79.7 Å². The minimum Gasteiger partial charge on any atom is -0.361 e. The predicted octanol–water partition coefficient (Wildman–Crippen LogP) is 6.42. The molecule has 3 aromatic carbocycles. The molecule has 33 heavy (non-hydrogen) atoms. The molecule has 0 aliphatic carbocycles. The van der Waals surface area contributed by atoms with Crippen molar-refractivity contribution in [3.05, 3.63) is 107 Å². The van der Waals surface area contributed by atoms with Gasteiger partial charge in [-0.3, -0.25) is 0 Å². The van der Waals surface area contributed by atoms with Gasteiger partial charge in [-0.05, 0) is 40.2 Å². The number of fused-ring (bicyclic) bond motifs is 1. The summed E-state index contributed by atoms with van der Waals surface area (Å²) in [6.45, 7) is 8.38. The van der Waals surface area contributed by atoms with Crippen molar-refractivity contribution in [1.29, 1.82) is 0 Å². The summed E-state index contributed by atoms with van der Waals surface area (Å²) in [5, 5.41) is 4.32. The number of carbonyl (C=O) groups is 1. The van der Waals surface area contributed by atoms with E-state index in [1.165, 1.54) is 16.5 Å². The topological polar surface area (TPSA) is 48.1 Å². The van der Waals surface area contributed by atoms with Gasteiger partial charge in [-0.25, -0.2) is 4.79 Å². The van der Waals surface area contributed by atoms with Crippen LogP contribution in [0.3, 0.4) is 0 Å². The zero-order chi connectivity index (χ0) is 23.3. The van der Waals surface area contributed by atoms with Crippen LogP contribution in [0, 0.1) is 0 Å². The zero-order valence-corrected chi connectivity index (χ0v) is 19.8. The third kappa shape index (κ3) is 5.83. The maximum atomic E-state index is 13.2. The number of nitrogens with zero attached hydrogens (tertiary/aromatic N) is 1. The second-order valence-corrected chi connectivity index (χ2v) is 9.62. The van der Waals surface area contributed by atoms with Gasteiger partial charge >= 0.3 is 6.03 Å². The molecule has 2 N–H and O–H groups in total. The second kappa shape index (κ2) is 9.95. The van der Waals surface area contributed by atoms with E-state index >= 15 is 0 Å². The number of benzene rings is 3. The van der Waals surface area contributed by atoms with Gasteiger partial charge in [-0.15, -0.1) is 0 Å². The van der Waals surface area contributed by atoms with E-state index < -0.39 is 0 Å². The molecule has 4 rings (SSSR count). The van der Waals surface area contributed by atoms with Gasteiger partial charge in [0.1, 0.15) is 0 Å². The van der Waals surface area contributed by atoms with Crippen LogP contribution in [0.5, 0.6) is 0 Å². The summed E-state index contributed by atoms with van der Waals surface area (Å²) >= 11 is 0. The van der Waals surface area contributed by atoms with Crippen molar-refractivity contribution in [3.8, 4) is 0 Å². The van der Waals surface area contributed by atoms with Gasteiger partial charge < -0.3 is 15.2 Å². The number of aromatic amines is 1. The average molecular weight is 440 g/mol. The van der Waals surface area contributed by atoms with E-state index in [1.807, 2.05) is 41.3 Å². The minimum atomic E-state index is -0.0430. The first-order valence-electron chi connectivity index (χ1n) is 11.6. The summed E-state index contributed by atoms with van der Waals surface area (Å²) in [5.41, 5.74) is 6.00. The highest BCUT2D eigenvalue weighted by Crippen LogP contribution is 2.23. The van der Waals surface area contributed by atoms with E-state index in [4.69, 9.17) is 0 Å². The van der Waals surface area contributed by atoms with Crippen molar-refractivity contribution in [2.24, 2.45) is 0 Å². The number of H-pyrrole nitrogens is 1. The maximum Gasteiger partial charge on any atom is 0.317 e. The Hall–Kier alpha value is -3.53. The zero-order valence-electron chi connectivity index (χ0n) is 19.8. The first-order chi connectivity index (χ1) is 15.9. The van der Waals surface area contributed by atoms with Crippen molar-refractivity contribution in [2.75, 3.05) is 6.54 Å². The lowest BCUT2D eigenvalue weighted by Crippen LogP contribution is -2.40. The summed E-state index contributed by atoms with van der Waals surface area (Å²) in [4.78, 5) is 18.4. The number of hydrogen-bond acceptors (Lipinski definition) is 1. The van der Waals surface area contributed by atoms with Gasteiger partial charge in [0.05, 0.1) is 0 Å². The third-order valence-corrected chi connectivity index (χ3v) is 6.09. The highest BCUT2D eigenvalue weighted by molar-refractivity contribution is 5.83. The molecular weight excluding hydrogens is 406 g/mol. The smallest absolute Gasteiger partial charge is 0.317 e. The predicted molar refractivity (Wildman–Crippen MR) is 136 cm³/mol. The highest BCUT2D eigenvalue weighted by atomic mass is 16.2. The summed E-state index contributed by atoms with van der Waals surface area (Å²) in [5.74, 6) is 0. The molecular formula is C29H33N3O. The van der Waals surface area contributed by atoms with Crippen molar-refractivity contribution < 1.29 is 4.79 Å². The molecule has 0 radical (unpaired) electrons. The summed E-state index contributed by atoms with van der Waals surface area (Å²) in [6.07, 6.45) is 2.85. The largest absolute Gasteiger partial charge is 0.361 e. The van der Waals surface area contributed by atoms with Crippen LogP contribution in [-0.4, -0.2) is 22.5 Å². The summed E-state index contributed by atoms with van der Waals surface area (Å²) < 4.78 is 0. The van der Waals surface area contributed by atoms with Crippen LogP contribution < -0.4 is 5.32 Å². The fraction of sp³-hybridized carbons (Fsp3) is 0.276. The lowest BCUT2D eigenvalue weighted by molar-refractivity contribution is 0.195. The quantitative estimate of drug-likeness (QED) is 0.343. The van der Waals surface area contributed by atoms with E-state index in [-0.39, 0.29) is 11.4 Å². The Balaban J connectivity index is 1.48. The van der Waals surface area contributed by atoms with Gasteiger partial charge in [0.25, 0.3) is 0 Å². The Labute approximate surface area is 196 Å². The first kappa shape index (κ1) is 22.7. The van der Waals surface area contributed by atoms with Crippen LogP contribution in [0.2, 0.25) is 0 Å². The van der Waals surface area contributed by atoms with E-state index in [0.717, 1.165) is 23.1 Å². The van der Waals surface area contributed by atoms with Crippen LogP contribution in [0.4, 0.5) is 4.79 Å². The number of amides is 2. The molecule has 4 heteroatoms. The maximum absolute atomic E-state index is 13.2. The lowest BCUT2D eigenvalue weighted by Gasteiger charge is -2.24. The molecule has 2 amide bonds.